The Morgan fingerprint density at radius 1 is 1.44 bits per heavy atom. The van der Waals surface area contributed by atoms with E-state index in [4.69, 9.17) is 10.5 Å². The van der Waals surface area contributed by atoms with Crippen LogP contribution in [0.4, 0.5) is 0 Å². The molecule has 0 fully saturated rings. The number of ether oxygens (including phenoxy) is 1. The van der Waals surface area contributed by atoms with Crippen LogP contribution >= 0.6 is 12.4 Å². The van der Waals surface area contributed by atoms with Gasteiger partial charge in [-0.25, -0.2) is 0 Å². The van der Waals surface area contributed by atoms with E-state index >= 15 is 0 Å². The minimum absolute atomic E-state index is 0. The second-order valence-electron chi connectivity index (χ2n) is 4.33. The molecule has 1 rings (SSSR count). The van der Waals surface area contributed by atoms with Crippen molar-refractivity contribution in [2.24, 2.45) is 5.73 Å². The van der Waals surface area contributed by atoms with Gasteiger partial charge < -0.3 is 15.8 Å². The maximum atomic E-state index is 11.3. The Labute approximate surface area is 114 Å². The molecule has 102 valence electrons. The zero-order valence-electron chi connectivity index (χ0n) is 11.0. The summed E-state index contributed by atoms with van der Waals surface area (Å²) in [5, 5.41) is 2.78. The highest BCUT2D eigenvalue weighted by molar-refractivity contribution is 5.85. The molecular formula is C13H21ClN2O2. The molecule has 0 aromatic heterocycles. The van der Waals surface area contributed by atoms with E-state index in [0.29, 0.717) is 6.61 Å². The SMILES string of the molecule is Cc1cccc(OCC(C)NC(=O)[C@H](C)N)c1.Cl. The molecule has 0 aliphatic heterocycles. The molecule has 5 heteroatoms. The minimum Gasteiger partial charge on any atom is -0.491 e. The van der Waals surface area contributed by atoms with Crippen LogP contribution in [0, 0.1) is 6.92 Å². The molecule has 0 heterocycles. The average Bonchev–Trinajstić information content (AvgIpc) is 2.26. The van der Waals surface area contributed by atoms with E-state index in [2.05, 4.69) is 5.32 Å². The second kappa shape index (κ2) is 7.95. The van der Waals surface area contributed by atoms with E-state index in [0.717, 1.165) is 11.3 Å². The molecule has 0 radical (unpaired) electrons. The zero-order chi connectivity index (χ0) is 12.8. The van der Waals surface area contributed by atoms with Gasteiger partial charge in [-0.15, -0.1) is 12.4 Å². The van der Waals surface area contributed by atoms with Crippen LogP contribution in [-0.4, -0.2) is 24.6 Å². The number of benzene rings is 1. The quantitative estimate of drug-likeness (QED) is 0.857. The summed E-state index contributed by atoms with van der Waals surface area (Å²) in [5.74, 6) is 0.650. The maximum absolute atomic E-state index is 11.3. The van der Waals surface area contributed by atoms with Crippen molar-refractivity contribution in [1.82, 2.24) is 5.32 Å². The van der Waals surface area contributed by atoms with E-state index in [1.54, 1.807) is 6.92 Å². The molecule has 1 amide bonds. The number of carbonyl (C=O) groups excluding carboxylic acids is 1. The number of carbonyl (C=O) groups is 1. The number of hydrogen-bond acceptors (Lipinski definition) is 3. The number of amides is 1. The summed E-state index contributed by atoms with van der Waals surface area (Å²) in [6.07, 6.45) is 0. The Hall–Kier alpha value is -1.26. The number of aryl methyl sites for hydroxylation is 1. The average molecular weight is 273 g/mol. The number of nitrogens with one attached hydrogen (secondary N) is 1. The summed E-state index contributed by atoms with van der Waals surface area (Å²) in [6, 6.07) is 7.25. The van der Waals surface area contributed by atoms with Crippen molar-refractivity contribution in [2.75, 3.05) is 6.61 Å². The lowest BCUT2D eigenvalue weighted by atomic mass is 10.2. The van der Waals surface area contributed by atoms with Gasteiger partial charge in [-0.05, 0) is 38.5 Å². The fraction of sp³-hybridized carbons (Fsp3) is 0.462. The van der Waals surface area contributed by atoms with Crippen molar-refractivity contribution >= 4 is 18.3 Å². The van der Waals surface area contributed by atoms with Crippen LogP contribution in [0.15, 0.2) is 24.3 Å². The van der Waals surface area contributed by atoms with E-state index in [1.807, 2.05) is 38.1 Å². The number of nitrogens with two attached hydrogens (primary N) is 1. The third-order valence-electron chi connectivity index (χ3n) is 2.29. The normalized spacial score (nSPS) is 13.1. The molecule has 0 saturated carbocycles. The molecule has 3 N–H and O–H groups in total. The third kappa shape index (κ3) is 5.89. The first-order chi connectivity index (χ1) is 7.99. The van der Waals surface area contributed by atoms with E-state index < -0.39 is 6.04 Å². The molecule has 1 aromatic carbocycles. The molecular weight excluding hydrogens is 252 g/mol. The van der Waals surface area contributed by atoms with E-state index in [-0.39, 0.29) is 24.4 Å². The summed E-state index contributed by atoms with van der Waals surface area (Å²) in [7, 11) is 0. The van der Waals surface area contributed by atoms with Gasteiger partial charge in [0.15, 0.2) is 0 Å². The smallest absolute Gasteiger partial charge is 0.236 e. The molecule has 0 spiro atoms. The lowest BCUT2D eigenvalue weighted by Crippen LogP contribution is -2.44. The molecule has 1 aromatic rings. The third-order valence-corrected chi connectivity index (χ3v) is 2.29. The first kappa shape index (κ1) is 16.7. The Morgan fingerprint density at radius 3 is 2.67 bits per heavy atom. The van der Waals surface area contributed by atoms with Crippen LogP contribution in [0.5, 0.6) is 5.75 Å². The molecule has 0 aliphatic carbocycles. The zero-order valence-corrected chi connectivity index (χ0v) is 11.8. The van der Waals surface area contributed by atoms with Crippen molar-refractivity contribution in [1.29, 1.82) is 0 Å². The van der Waals surface area contributed by atoms with Gasteiger partial charge in [-0.1, -0.05) is 12.1 Å². The summed E-state index contributed by atoms with van der Waals surface area (Å²) in [5.41, 5.74) is 6.61. The fourth-order valence-corrected chi connectivity index (χ4v) is 1.34. The van der Waals surface area contributed by atoms with Gasteiger partial charge in [-0.3, -0.25) is 4.79 Å². The summed E-state index contributed by atoms with van der Waals surface area (Å²) in [6.45, 7) is 5.98. The first-order valence-corrected chi connectivity index (χ1v) is 5.74. The predicted molar refractivity (Wildman–Crippen MR) is 75.2 cm³/mol. The highest BCUT2D eigenvalue weighted by Crippen LogP contribution is 2.12. The fourth-order valence-electron chi connectivity index (χ4n) is 1.34. The van der Waals surface area contributed by atoms with Gasteiger partial charge >= 0.3 is 0 Å². The van der Waals surface area contributed by atoms with Gasteiger partial charge in [0.05, 0.1) is 12.1 Å². The molecule has 0 saturated heterocycles. The largest absolute Gasteiger partial charge is 0.491 e. The van der Waals surface area contributed by atoms with Gasteiger partial charge in [0.25, 0.3) is 0 Å². The monoisotopic (exact) mass is 272 g/mol. The van der Waals surface area contributed by atoms with Crippen molar-refractivity contribution < 1.29 is 9.53 Å². The standard InChI is InChI=1S/C13H20N2O2.ClH/c1-9-5-4-6-12(7-9)17-8-10(2)15-13(16)11(3)14;/h4-7,10-11H,8,14H2,1-3H3,(H,15,16);1H/t10?,11-;/m0./s1. The lowest BCUT2D eigenvalue weighted by Gasteiger charge is -2.16. The highest BCUT2D eigenvalue weighted by Gasteiger charge is 2.11. The van der Waals surface area contributed by atoms with Crippen LogP contribution in [0.1, 0.15) is 19.4 Å². The Morgan fingerprint density at radius 2 is 2.11 bits per heavy atom. The van der Waals surface area contributed by atoms with Crippen molar-refractivity contribution in [3.8, 4) is 5.75 Å². The first-order valence-electron chi connectivity index (χ1n) is 5.74. The summed E-state index contributed by atoms with van der Waals surface area (Å²) < 4.78 is 5.57. The topological polar surface area (TPSA) is 64.3 Å². The number of hydrogen-bond donors (Lipinski definition) is 2. The Bertz CT molecular complexity index is 383. The van der Waals surface area contributed by atoms with Crippen molar-refractivity contribution in [3.63, 3.8) is 0 Å². The molecule has 1 unspecified atom stereocenters. The number of rotatable bonds is 5. The minimum atomic E-state index is -0.489. The van der Waals surface area contributed by atoms with Crippen LogP contribution in [-0.2, 0) is 4.79 Å². The lowest BCUT2D eigenvalue weighted by molar-refractivity contribution is -0.122. The van der Waals surface area contributed by atoms with Crippen LogP contribution < -0.4 is 15.8 Å². The van der Waals surface area contributed by atoms with E-state index in [1.165, 1.54) is 0 Å². The van der Waals surface area contributed by atoms with Crippen molar-refractivity contribution in [3.05, 3.63) is 29.8 Å². The van der Waals surface area contributed by atoms with Gasteiger partial charge in [0.2, 0.25) is 5.91 Å². The van der Waals surface area contributed by atoms with E-state index in [9.17, 15) is 4.79 Å². The Balaban J connectivity index is 0.00000289. The van der Waals surface area contributed by atoms with Crippen LogP contribution in [0.25, 0.3) is 0 Å². The van der Waals surface area contributed by atoms with Gasteiger partial charge in [0, 0.05) is 0 Å². The van der Waals surface area contributed by atoms with Crippen LogP contribution in [0.3, 0.4) is 0 Å². The molecule has 2 atom stereocenters. The predicted octanol–water partition coefficient (Wildman–Crippen LogP) is 1.65. The molecule has 0 aliphatic rings. The second-order valence-corrected chi connectivity index (χ2v) is 4.33. The molecule has 18 heavy (non-hydrogen) atoms. The Kier molecular flexibility index (Phi) is 7.39. The van der Waals surface area contributed by atoms with Gasteiger partial charge in [0.1, 0.15) is 12.4 Å². The maximum Gasteiger partial charge on any atom is 0.236 e. The molecule has 4 nitrogen and oxygen atoms in total. The van der Waals surface area contributed by atoms with Crippen molar-refractivity contribution in [2.45, 2.75) is 32.9 Å². The summed E-state index contributed by atoms with van der Waals surface area (Å²) >= 11 is 0. The highest BCUT2D eigenvalue weighted by atomic mass is 35.5. The number of halogens is 1. The summed E-state index contributed by atoms with van der Waals surface area (Å²) in [4.78, 5) is 11.3. The van der Waals surface area contributed by atoms with Crippen LogP contribution in [0.2, 0.25) is 0 Å². The van der Waals surface area contributed by atoms with Gasteiger partial charge in [-0.2, -0.15) is 0 Å². The molecule has 0 bridgehead atoms.